The summed E-state index contributed by atoms with van der Waals surface area (Å²) in [7, 11) is 0. The van der Waals surface area contributed by atoms with Crippen molar-refractivity contribution in [2.75, 3.05) is 19.8 Å². The van der Waals surface area contributed by atoms with Gasteiger partial charge in [-0.2, -0.15) is 0 Å². The molecular formula is C12H17NO2. The van der Waals surface area contributed by atoms with Crippen molar-refractivity contribution in [1.82, 2.24) is 0 Å². The fraction of sp³-hybridized carbons (Fsp3) is 0.500. The van der Waals surface area contributed by atoms with E-state index in [0.717, 1.165) is 24.3 Å². The lowest BCUT2D eigenvalue weighted by molar-refractivity contribution is 0.132. The van der Waals surface area contributed by atoms with Gasteiger partial charge in [0.25, 0.3) is 0 Å². The number of nitrogens with two attached hydrogens (primary N) is 1. The van der Waals surface area contributed by atoms with Crippen LogP contribution in [0, 0.1) is 0 Å². The van der Waals surface area contributed by atoms with Crippen molar-refractivity contribution in [1.29, 1.82) is 0 Å². The molecule has 1 heterocycles. The predicted octanol–water partition coefficient (Wildman–Crippen LogP) is 1.66. The molecule has 3 heteroatoms. The second-order valence-electron chi connectivity index (χ2n) is 3.70. The van der Waals surface area contributed by atoms with Crippen molar-refractivity contribution in [2.24, 2.45) is 5.73 Å². The molecule has 15 heavy (non-hydrogen) atoms. The van der Waals surface area contributed by atoms with Gasteiger partial charge >= 0.3 is 0 Å². The van der Waals surface area contributed by atoms with Gasteiger partial charge in [-0.25, -0.2) is 0 Å². The van der Waals surface area contributed by atoms with Gasteiger partial charge in [-0.1, -0.05) is 18.2 Å². The molecule has 3 nitrogen and oxygen atoms in total. The molecule has 0 aromatic heterocycles. The maximum atomic E-state index is 6.05. The monoisotopic (exact) mass is 207 g/mol. The molecular weight excluding hydrogens is 190 g/mol. The van der Waals surface area contributed by atoms with Crippen LogP contribution in [-0.2, 0) is 11.2 Å². The average Bonchev–Trinajstić information content (AvgIpc) is 2.73. The molecule has 0 aliphatic carbocycles. The Balaban J connectivity index is 2.17. The second-order valence-corrected chi connectivity index (χ2v) is 3.70. The number of para-hydroxylation sites is 1. The molecule has 2 rings (SSSR count). The summed E-state index contributed by atoms with van der Waals surface area (Å²) in [5.41, 5.74) is 8.38. The molecule has 0 bridgehead atoms. The van der Waals surface area contributed by atoms with Crippen molar-refractivity contribution in [3.63, 3.8) is 0 Å². The third-order valence-corrected chi connectivity index (χ3v) is 2.65. The van der Waals surface area contributed by atoms with Crippen LogP contribution in [0.15, 0.2) is 18.2 Å². The van der Waals surface area contributed by atoms with Gasteiger partial charge in [0.05, 0.1) is 19.3 Å². The predicted molar refractivity (Wildman–Crippen MR) is 59.1 cm³/mol. The molecule has 1 unspecified atom stereocenters. The summed E-state index contributed by atoms with van der Waals surface area (Å²) in [6, 6.07) is 6.07. The third-order valence-electron chi connectivity index (χ3n) is 2.65. The Morgan fingerprint density at radius 3 is 3.20 bits per heavy atom. The zero-order valence-electron chi connectivity index (χ0n) is 9.03. The first-order valence-electron chi connectivity index (χ1n) is 5.41. The lowest BCUT2D eigenvalue weighted by atomic mass is 10.0. The van der Waals surface area contributed by atoms with Crippen LogP contribution in [0.1, 0.15) is 24.1 Å². The molecule has 1 atom stereocenters. The molecule has 1 aromatic carbocycles. The van der Waals surface area contributed by atoms with Crippen molar-refractivity contribution in [2.45, 2.75) is 19.4 Å². The van der Waals surface area contributed by atoms with Gasteiger partial charge < -0.3 is 15.2 Å². The molecule has 1 aliphatic heterocycles. The van der Waals surface area contributed by atoms with Gasteiger partial charge in [0, 0.05) is 18.6 Å². The van der Waals surface area contributed by atoms with Crippen LogP contribution in [0.4, 0.5) is 0 Å². The normalized spacial score (nSPS) is 15.9. The highest BCUT2D eigenvalue weighted by atomic mass is 16.5. The quantitative estimate of drug-likeness (QED) is 0.816. The maximum Gasteiger partial charge on any atom is 0.127 e. The van der Waals surface area contributed by atoms with Crippen LogP contribution in [0.25, 0.3) is 0 Å². The highest BCUT2D eigenvalue weighted by molar-refractivity contribution is 5.45. The first-order valence-corrected chi connectivity index (χ1v) is 5.41. The summed E-state index contributed by atoms with van der Waals surface area (Å²) in [6.07, 6.45) is 0.991. The molecule has 0 radical (unpaired) electrons. The minimum absolute atomic E-state index is 0.0852. The Morgan fingerprint density at radius 2 is 2.40 bits per heavy atom. The summed E-state index contributed by atoms with van der Waals surface area (Å²) < 4.78 is 10.9. The fourth-order valence-electron chi connectivity index (χ4n) is 1.87. The van der Waals surface area contributed by atoms with E-state index in [1.165, 1.54) is 5.56 Å². The topological polar surface area (TPSA) is 44.5 Å². The zero-order chi connectivity index (χ0) is 10.7. The van der Waals surface area contributed by atoms with E-state index in [4.69, 9.17) is 15.2 Å². The second kappa shape index (κ2) is 4.64. The summed E-state index contributed by atoms with van der Waals surface area (Å²) in [4.78, 5) is 0. The van der Waals surface area contributed by atoms with Crippen LogP contribution >= 0.6 is 0 Å². The zero-order valence-corrected chi connectivity index (χ0v) is 9.03. The highest BCUT2D eigenvalue weighted by Crippen LogP contribution is 2.32. The minimum atomic E-state index is -0.0852. The first kappa shape index (κ1) is 10.5. The summed E-state index contributed by atoms with van der Waals surface area (Å²) in [6.45, 7) is 3.99. The minimum Gasteiger partial charge on any atom is -0.493 e. The summed E-state index contributed by atoms with van der Waals surface area (Å²) >= 11 is 0. The Kier molecular flexibility index (Phi) is 3.23. The van der Waals surface area contributed by atoms with Gasteiger partial charge in [0.15, 0.2) is 0 Å². The Labute approximate surface area is 90.2 Å². The summed E-state index contributed by atoms with van der Waals surface area (Å²) in [5, 5.41) is 0. The molecule has 0 saturated heterocycles. The first-order chi connectivity index (χ1) is 7.33. The molecule has 2 N–H and O–H groups in total. The number of hydrogen-bond acceptors (Lipinski definition) is 3. The van der Waals surface area contributed by atoms with E-state index in [1.807, 2.05) is 19.1 Å². The van der Waals surface area contributed by atoms with E-state index in [-0.39, 0.29) is 6.04 Å². The molecule has 0 spiro atoms. The van der Waals surface area contributed by atoms with Crippen LogP contribution in [0.3, 0.4) is 0 Å². The average molecular weight is 207 g/mol. The van der Waals surface area contributed by atoms with Crippen molar-refractivity contribution < 1.29 is 9.47 Å². The number of hydrogen-bond donors (Lipinski definition) is 1. The Bertz CT molecular complexity index is 338. The SMILES string of the molecule is CCOCC(N)c1cccc2c1OCC2. The standard InChI is InChI=1S/C12H17NO2/c1-2-14-8-11(13)10-5-3-4-9-6-7-15-12(9)10/h3-5,11H,2,6-8,13H2,1H3. The van der Waals surface area contributed by atoms with Gasteiger partial charge in [0.1, 0.15) is 5.75 Å². The number of fused-ring (bicyclic) bond motifs is 1. The van der Waals surface area contributed by atoms with E-state index >= 15 is 0 Å². The van der Waals surface area contributed by atoms with E-state index in [9.17, 15) is 0 Å². The van der Waals surface area contributed by atoms with Gasteiger partial charge in [-0.15, -0.1) is 0 Å². The lowest BCUT2D eigenvalue weighted by Gasteiger charge is -2.15. The Morgan fingerprint density at radius 1 is 1.53 bits per heavy atom. The van der Waals surface area contributed by atoms with Crippen LogP contribution < -0.4 is 10.5 Å². The van der Waals surface area contributed by atoms with Crippen molar-refractivity contribution in [3.05, 3.63) is 29.3 Å². The number of benzene rings is 1. The smallest absolute Gasteiger partial charge is 0.127 e. The summed E-state index contributed by atoms with van der Waals surface area (Å²) in [5.74, 6) is 0.977. The highest BCUT2D eigenvalue weighted by Gasteiger charge is 2.19. The van der Waals surface area contributed by atoms with Gasteiger partial charge in [-0.05, 0) is 12.5 Å². The van der Waals surface area contributed by atoms with Gasteiger partial charge in [0.2, 0.25) is 0 Å². The van der Waals surface area contributed by atoms with Crippen molar-refractivity contribution >= 4 is 0 Å². The van der Waals surface area contributed by atoms with E-state index in [2.05, 4.69) is 6.07 Å². The van der Waals surface area contributed by atoms with Crippen LogP contribution in [-0.4, -0.2) is 19.8 Å². The largest absolute Gasteiger partial charge is 0.493 e. The van der Waals surface area contributed by atoms with E-state index in [0.29, 0.717) is 13.2 Å². The van der Waals surface area contributed by atoms with Crippen molar-refractivity contribution in [3.8, 4) is 5.75 Å². The van der Waals surface area contributed by atoms with E-state index in [1.54, 1.807) is 0 Å². The van der Waals surface area contributed by atoms with Crippen LogP contribution in [0.5, 0.6) is 5.75 Å². The van der Waals surface area contributed by atoms with E-state index < -0.39 is 0 Å². The molecule has 82 valence electrons. The molecule has 0 saturated carbocycles. The Hall–Kier alpha value is -1.06. The molecule has 0 amide bonds. The van der Waals surface area contributed by atoms with Crippen LogP contribution in [0.2, 0.25) is 0 Å². The fourth-order valence-corrected chi connectivity index (χ4v) is 1.87. The lowest BCUT2D eigenvalue weighted by Crippen LogP contribution is -2.17. The number of rotatable bonds is 4. The van der Waals surface area contributed by atoms with Gasteiger partial charge in [-0.3, -0.25) is 0 Å². The molecule has 1 aromatic rings. The molecule has 0 fully saturated rings. The molecule has 1 aliphatic rings. The maximum absolute atomic E-state index is 6.05. The number of ether oxygens (including phenoxy) is 2. The third kappa shape index (κ3) is 2.13.